The highest BCUT2D eigenvalue weighted by Gasteiger charge is 2.31. The summed E-state index contributed by atoms with van der Waals surface area (Å²) < 4.78 is 7.12. The molecule has 0 saturated carbocycles. The number of hydrogen-bond donors (Lipinski definition) is 1. The number of hydrogen-bond acceptors (Lipinski definition) is 4. The lowest BCUT2D eigenvalue weighted by atomic mass is 9.98. The second-order valence-electron chi connectivity index (χ2n) is 5.78. The van der Waals surface area contributed by atoms with Gasteiger partial charge >= 0.3 is 0 Å². The van der Waals surface area contributed by atoms with Gasteiger partial charge in [0.25, 0.3) is 5.91 Å². The minimum Gasteiger partial charge on any atom is -0.381 e. The lowest BCUT2D eigenvalue weighted by molar-refractivity contribution is 0.0139. The topological polar surface area (TPSA) is 73.4 Å². The Bertz CT molecular complexity index is 662. The third-order valence-electron chi connectivity index (χ3n) is 4.38. The van der Waals surface area contributed by atoms with Crippen molar-refractivity contribution >= 4 is 18.3 Å². The fraction of sp³-hybridized carbons (Fsp3) is 0.412. The third kappa shape index (κ3) is 3.77. The van der Waals surface area contributed by atoms with E-state index < -0.39 is 0 Å². The maximum Gasteiger partial charge on any atom is 0.257 e. The lowest BCUT2D eigenvalue weighted by Gasteiger charge is -2.38. The fourth-order valence-electron chi connectivity index (χ4n) is 3.04. The summed E-state index contributed by atoms with van der Waals surface area (Å²) in [6.45, 7) is 1.11. The van der Waals surface area contributed by atoms with Gasteiger partial charge in [-0.05, 0) is 25.0 Å². The maximum atomic E-state index is 12.8. The Balaban J connectivity index is 0.00000208. The summed E-state index contributed by atoms with van der Waals surface area (Å²) in [6, 6.07) is 9.76. The van der Waals surface area contributed by atoms with Crippen LogP contribution >= 0.6 is 12.4 Å². The molecular weight excluding hydrogens is 328 g/mol. The van der Waals surface area contributed by atoms with Crippen molar-refractivity contribution in [2.75, 3.05) is 20.2 Å². The molecule has 6 nitrogen and oxygen atoms in total. The zero-order chi connectivity index (χ0) is 16.2. The standard InChI is InChI=1S/C17H22N4O2.ClH/c1-23-16-7-8-20(15(9-16)10-18)17(22)13-11-19-21(12-13)14-5-3-2-4-6-14;/h2-6,11-12,15-16H,7-10,18H2,1H3;1H. The molecule has 2 heterocycles. The van der Waals surface area contributed by atoms with Crippen molar-refractivity contribution in [1.82, 2.24) is 14.7 Å². The first kappa shape index (κ1) is 18.4. The molecule has 1 aromatic carbocycles. The second-order valence-corrected chi connectivity index (χ2v) is 5.78. The normalized spacial score (nSPS) is 20.5. The Labute approximate surface area is 148 Å². The van der Waals surface area contributed by atoms with E-state index in [1.165, 1.54) is 0 Å². The van der Waals surface area contributed by atoms with Crippen LogP contribution < -0.4 is 5.73 Å². The van der Waals surface area contributed by atoms with Gasteiger partial charge in [-0.15, -0.1) is 12.4 Å². The highest BCUT2D eigenvalue weighted by Crippen LogP contribution is 2.21. The second kappa shape index (κ2) is 8.28. The van der Waals surface area contributed by atoms with E-state index in [-0.39, 0.29) is 30.5 Å². The van der Waals surface area contributed by atoms with Gasteiger partial charge < -0.3 is 15.4 Å². The van der Waals surface area contributed by atoms with E-state index in [2.05, 4.69) is 5.10 Å². The Morgan fingerprint density at radius 3 is 2.79 bits per heavy atom. The summed E-state index contributed by atoms with van der Waals surface area (Å²) in [6.07, 6.45) is 5.19. The summed E-state index contributed by atoms with van der Waals surface area (Å²) in [5.74, 6) is -0.0165. The molecule has 2 unspecified atom stereocenters. The first-order chi connectivity index (χ1) is 11.2. The van der Waals surface area contributed by atoms with E-state index in [0.717, 1.165) is 18.5 Å². The summed E-state index contributed by atoms with van der Waals surface area (Å²) in [7, 11) is 1.71. The number of piperidine rings is 1. The van der Waals surface area contributed by atoms with E-state index in [4.69, 9.17) is 10.5 Å². The van der Waals surface area contributed by atoms with Gasteiger partial charge in [0.1, 0.15) is 0 Å². The smallest absolute Gasteiger partial charge is 0.257 e. The molecule has 1 aliphatic rings. The first-order valence-electron chi connectivity index (χ1n) is 7.87. The van der Waals surface area contributed by atoms with Crippen LogP contribution in [0.2, 0.25) is 0 Å². The highest BCUT2D eigenvalue weighted by atomic mass is 35.5. The molecule has 0 spiro atoms. The average molecular weight is 351 g/mol. The molecular formula is C17H23ClN4O2. The molecule has 130 valence electrons. The van der Waals surface area contributed by atoms with Crippen LogP contribution in [-0.2, 0) is 4.74 Å². The molecule has 1 amide bonds. The molecule has 1 saturated heterocycles. The van der Waals surface area contributed by atoms with Crippen LogP contribution in [0, 0.1) is 0 Å². The van der Waals surface area contributed by atoms with E-state index >= 15 is 0 Å². The summed E-state index contributed by atoms with van der Waals surface area (Å²) >= 11 is 0. The first-order valence-corrected chi connectivity index (χ1v) is 7.87. The monoisotopic (exact) mass is 350 g/mol. The number of carbonyl (C=O) groups excluding carboxylic acids is 1. The number of amides is 1. The number of benzene rings is 1. The van der Waals surface area contributed by atoms with Crippen LogP contribution in [0.4, 0.5) is 0 Å². The van der Waals surface area contributed by atoms with Crippen LogP contribution in [0.25, 0.3) is 5.69 Å². The third-order valence-corrected chi connectivity index (χ3v) is 4.38. The number of para-hydroxylation sites is 1. The van der Waals surface area contributed by atoms with Gasteiger partial charge in [-0.1, -0.05) is 18.2 Å². The average Bonchev–Trinajstić information content (AvgIpc) is 3.11. The van der Waals surface area contributed by atoms with Crippen molar-refractivity contribution in [2.24, 2.45) is 5.73 Å². The predicted molar refractivity (Wildman–Crippen MR) is 94.7 cm³/mol. The van der Waals surface area contributed by atoms with Gasteiger partial charge in [0.15, 0.2) is 0 Å². The largest absolute Gasteiger partial charge is 0.381 e. The summed E-state index contributed by atoms with van der Waals surface area (Å²) in [5.41, 5.74) is 7.37. The minimum atomic E-state index is -0.0165. The molecule has 7 heteroatoms. The Hall–Kier alpha value is -1.89. The molecule has 1 aromatic heterocycles. The lowest BCUT2D eigenvalue weighted by Crippen LogP contribution is -2.51. The summed E-state index contributed by atoms with van der Waals surface area (Å²) in [4.78, 5) is 14.6. The van der Waals surface area contributed by atoms with E-state index in [9.17, 15) is 4.79 Å². The molecule has 24 heavy (non-hydrogen) atoms. The molecule has 1 fully saturated rings. The molecule has 2 atom stereocenters. The van der Waals surface area contributed by atoms with Crippen LogP contribution in [0.1, 0.15) is 23.2 Å². The predicted octanol–water partition coefficient (Wildman–Crippen LogP) is 1.87. The summed E-state index contributed by atoms with van der Waals surface area (Å²) in [5, 5.41) is 4.30. The Morgan fingerprint density at radius 2 is 2.12 bits per heavy atom. The molecule has 3 rings (SSSR count). The van der Waals surface area contributed by atoms with E-state index in [1.807, 2.05) is 35.2 Å². The van der Waals surface area contributed by atoms with Gasteiger partial charge in [-0.25, -0.2) is 4.68 Å². The minimum absolute atomic E-state index is 0. The van der Waals surface area contributed by atoms with Crippen LogP contribution in [0.5, 0.6) is 0 Å². The zero-order valence-electron chi connectivity index (χ0n) is 13.7. The Morgan fingerprint density at radius 1 is 1.38 bits per heavy atom. The van der Waals surface area contributed by atoms with Crippen molar-refractivity contribution in [3.05, 3.63) is 48.3 Å². The van der Waals surface area contributed by atoms with Crippen molar-refractivity contribution < 1.29 is 9.53 Å². The van der Waals surface area contributed by atoms with Crippen molar-refractivity contribution in [3.8, 4) is 5.69 Å². The number of aromatic nitrogens is 2. The van der Waals surface area contributed by atoms with Crippen LogP contribution in [0.3, 0.4) is 0 Å². The number of likely N-dealkylation sites (tertiary alicyclic amines) is 1. The highest BCUT2D eigenvalue weighted by molar-refractivity contribution is 5.94. The Kier molecular flexibility index (Phi) is 6.36. The number of methoxy groups -OCH3 is 1. The molecule has 2 N–H and O–H groups in total. The number of carbonyl (C=O) groups is 1. The van der Waals surface area contributed by atoms with Crippen molar-refractivity contribution in [1.29, 1.82) is 0 Å². The molecule has 0 aliphatic carbocycles. The molecule has 0 bridgehead atoms. The van der Waals surface area contributed by atoms with Crippen molar-refractivity contribution in [2.45, 2.75) is 25.0 Å². The van der Waals surface area contributed by atoms with E-state index in [0.29, 0.717) is 18.7 Å². The van der Waals surface area contributed by atoms with Gasteiger partial charge in [0, 0.05) is 32.4 Å². The van der Waals surface area contributed by atoms with Gasteiger partial charge in [-0.2, -0.15) is 5.10 Å². The fourth-order valence-corrected chi connectivity index (χ4v) is 3.04. The van der Waals surface area contributed by atoms with Crippen LogP contribution in [-0.4, -0.2) is 52.9 Å². The molecule has 0 radical (unpaired) electrons. The quantitative estimate of drug-likeness (QED) is 0.913. The van der Waals surface area contributed by atoms with Gasteiger partial charge in [0.2, 0.25) is 0 Å². The van der Waals surface area contributed by atoms with E-state index in [1.54, 1.807) is 24.2 Å². The maximum absolute atomic E-state index is 12.8. The SMILES string of the molecule is COC1CCN(C(=O)c2cnn(-c3ccccc3)c2)C(CN)C1.Cl. The number of nitrogens with zero attached hydrogens (tertiary/aromatic N) is 3. The molecule has 2 aromatic rings. The molecule has 1 aliphatic heterocycles. The number of ether oxygens (including phenoxy) is 1. The van der Waals surface area contributed by atoms with Crippen LogP contribution in [0.15, 0.2) is 42.7 Å². The zero-order valence-corrected chi connectivity index (χ0v) is 14.5. The van der Waals surface area contributed by atoms with Crippen molar-refractivity contribution in [3.63, 3.8) is 0 Å². The number of rotatable bonds is 4. The van der Waals surface area contributed by atoms with Gasteiger partial charge in [0.05, 0.1) is 23.6 Å². The van der Waals surface area contributed by atoms with Gasteiger partial charge in [-0.3, -0.25) is 4.79 Å². The number of nitrogens with two attached hydrogens (primary N) is 1. The number of halogens is 1.